The fourth-order valence-electron chi connectivity index (χ4n) is 4.96. The van der Waals surface area contributed by atoms with Gasteiger partial charge in [0.15, 0.2) is 0 Å². The third-order valence-electron chi connectivity index (χ3n) is 6.38. The van der Waals surface area contributed by atoms with Gasteiger partial charge < -0.3 is 10.2 Å². The highest BCUT2D eigenvalue weighted by molar-refractivity contribution is 7.21. The van der Waals surface area contributed by atoms with Crippen LogP contribution in [0.15, 0.2) is 24.3 Å². The molecular formula is C24H32N2O2S. The molecule has 2 heterocycles. The number of hydrogen-bond acceptors (Lipinski definition) is 3. The van der Waals surface area contributed by atoms with Crippen LogP contribution >= 0.6 is 11.3 Å². The molecule has 1 aliphatic heterocycles. The molecule has 1 N–H and O–H groups in total. The molecular weight excluding hydrogens is 380 g/mol. The number of nitrogens with one attached hydrogen (secondary N) is 1. The van der Waals surface area contributed by atoms with Gasteiger partial charge >= 0.3 is 0 Å². The number of benzene rings is 1. The molecule has 156 valence electrons. The molecule has 0 bridgehead atoms. The molecule has 2 amide bonds. The number of nitrogens with zero attached hydrogens (tertiary/aromatic N) is 1. The minimum atomic E-state index is 0.0145. The molecule has 1 aromatic heterocycles. The van der Waals surface area contributed by atoms with E-state index in [2.05, 4.69) is 22.3 Å². The van der Waals surface area contributed by atoms with Gasteiger partial charge in [-0.15, -0.1) is 11.3 Å². The second-order valence-electron chi connectivity index (χ2n) is 8.90. The van der Waals surface area contributed by atoms with E-state index in [0.29, 0.717) is 5.91 Å². The Balaban J connectivity index is 1.64. The Labute approximate surface area is 177 Å². The number of fused-ring (bicyclic) bond motifs is 1. The Bertz CT molecular complexity index is 882. The molecule has 0 radical (unpaired) electrons. The van der Waals surface area contributed by atoms with Crippen molar-refractivity contribution >= 4 is 33.2 Å². The normalized spacial score (nSPS) is 20.5. The van der Waals surface area contributed by atoms with Crippen molar-refractivity contribution < 1.29 is 9.59 Å². The highest BCUT2D eigenvalue weighted by Crippen LogP contribution is 2.35. The number of hydrogen-bond donors (Lipinski definition) is 1. The lowest BCUT2D eigenvalue weighted by Crippen LogP contribution is -2.47. The smallest absolute Gasteiger partial charge is 0.261 e. The Hall–Kier alpha value is -1.88. The Morgan fingerprint density at radius 1 is 1.10 bits per heavy atom. The van der Waals surface area contributed by atoms with Crippen molar-refractivity contribution in [2.45, 2.75) is 77.3 Å². The Morgan fingerprint density at radius 2 is 1.83 bits per heavy atom. The Morgan fingerprint density at radius 3 is 2.59 bits per heavy atom. The summed E-state index contributed by atoms with van der Waals surface area (Å²) in [5.41, 5.74) is 1.12. The fourth-order valence-corrected chi connectivity index (χ4v) is 6.09. The minimum Gasteiger partial charge on any atom is -0.349 e. The Kier molecular flexibility index (Phi) is 6.23. The van der Waals surface area contributed by atoms with Crippen LogP contribution in [0.5, 0.6) is 0 Å². The van der Waals surface area contributed by atoms with Crippen LogP contribution in [0.25, 0.3) is 10.1 Å². The van der Waals surface area contributed by atoms with Crippen LogP contribution in [0.3, 0.4) is 0 Å². The van der Waals surface area contributed by atoms with Crippen LogP contribution in [-0.2, 0) is 11.2 Å². The minimum absolute atomic E-state index is 0.0145. The zero-order valence-corrected chi connectivity index (χ0v) is 18.4. The maximum absolute atomic E-state index is 13.2. The maximum atomic E-state index is 13.2. The fraction of sp³-hybridized carbons (Fsp3) is 0.583. The van der Waals surface area contributed by atoms with Crippen LogP contribution in [0.4, 0.5) is 0 Å². The average molecular weight is 413 g/mol. The van der Waals surface area contributed by atoms with Crippen LogP contribution in [0.2, 0.25) is 0 Å². The molecule has 2 fully saturated rings. The first kappa shape index (κ1) is 20.4. The third kappa shape index (κ3) is 4.35. The molecule has 5 heteroatoms. The topological polar surface area (TPSA) is 49.4 Å². The van der Waals surface area contributed by atoms with Gasteiger partial charge in [-0.3, -0.25) is 9.59 Å². The van der Waals surface area contributed by atoms with Crippen LogP contribution in [0.1, 0.15) is 74.0 Å². The predicted octanol–water partition coefficient (Wildman–Crippen LogP) is 5.15. The van der Waals surface area contributed by atoms with E-state index in [4.69, 9.17) is 0 Å². The van der Waals surface area contributed by atoms with Crippen molar-refractivity contribution in [3.8, 4) is 0 Å². The number of thiophene rings is 1. The van der Waals surface area contributed by atoms with Crippen molar-refractivity contribution in [3.63, 3.8) is 0 Å². The zero-order valence-electron chi connectivity index (χ0n) is 17.6. The van der Waals surface area contributed by atoms with Crippen molar-refractivity contribution in [1.82, 2.24) is 10.2 Å². The average Bonchev–Trinajstić information content (AvgIpc) is 3.36. The van der Waals surface area contributed by atoms with Gasteiger partial charge in [0.1, 0.15) is 0 Å². The molecule has 0 spiro atoms. The van der Waals surface area contributed by atoms with Gasteiger partial charge in [0, 0.05) is 29.2 Å². The second-order valence-corrected chi connectivity index (χ2v) is 9.95. The number of carbonyl (C=O) groups excluding carboxylic acids is 2. The lowest BCUT2D eigenvalue weighted by atomic mass is 9.92. The van der Waals surface area contributed by atoms with Gasteiger partial charge in [-0.1, -0.05) is 31.0 Å². The highest BCUT2D eigenvalue weighted by atomic mass is 32.1. The quantitative estimate of drug-likeness (QED) is 0.738. The molecule has 2 aromatic rings. The van der Waals surface area contributed by atoms with Gasteiger partial charge in [0.05, 0.1) is 4.88 Å². The van der Waals surface area contributed by atoms with E-state index < -0.39 is 0 Å². The van der Waals surface area contributed by atoms with Crippen LogP contribution < -0.4 is 5.32 Å². The first-order valence-corrected chi connectivity index (χ1v) is 12.0. The first-order valence-electron chi connectivity index (χ1n) is 11.2. The summed E-state index contributed by atoms with van der Waals surface area (Å²) in [7, 11) is 0. The lowest BCUT2D eigenvalue weighted by molar-refractivity contribution is -0.139. The molecule has 1 aromatic carbocycles. The summed E-state index contributed by atoms with van der Waals surface area (Å²) in [4.78, 5) is 29.1. The van der Waals surface area contributed by atoms with E-state index in [1.807, 2.05) is 26.0 Å². The maximum Gasteiger partial charge on any atom is 0.261 e. The number of rotatable bonds is 5. The predicted molar refractivity (Wildman–Crippen MR) is 119 cm³/mol. The summed E-state index contributed by atoms with van der Waals surface area (Å²) in [5, 5.41) is 4.24. The molecule has 1 saturated carbocycles. The summed E-state index contributed by atoms with van der Waals surface area (Å²) in [5.74, 6) is 0.596. The van der Waals surface area contributed by atoms with E-state index in [1.54, 1.807) is 11.3 Å². The molecule has 29 heavy (non-hydrogen) atoms. The molecule has 1 aliphatic carbocycles. The van der Waals surface area contributed by atoms with Gasteiger partial charge in [-0.05, 0) is 69.4 Å². The van der Waals surface area contributed by atoms with Gasteiger partial charge in [0.25, 0.3) is 5.91 Å². The van der Waals surface area contributed by atoms with Crippen LogP contribution in [0, 0.1) is 5.92 Å². The number of amides is 2. The zero-order chi connectivity index (χ0) is 20.4. The van der Waals surface area contributed by atoms with E-state index in [0.717, 1.165) is 60.2 Å². The molecule has 4 nitrogen and oxygen atoms in total. The highest BCUT2D eigenvalue weighted by Gasteiger charge is 2.34. The molecule has 2 aliphatic rings. The summed E-state index contributed by atoms with van der Waals surface area (Å²) >= 11 is 1.58. The summed E-state index contributed by atoms with van der Waals surface area (Å²) in [6, 6.07) is 8.61. The monoisotopic (exact) mass is 412 g/mol. The SMILES string of the molecule is CC(C)NC(=O)c1sc2ccccc2c1C[C@H]1CCCCN1C(=O)C1CCCC1. The summed E-state index contributed by atoms with van der Waals surface area (Å²) in [6.07, 6.45) is 8.54. The van der Waals surface area contributed by atoms with Crippen molar-refractivity contribution in [2.24, 2.45) is 5.92 Å². The van der Waals surface area contributed by atoms with Crippen molar-refractivity contribution in [2.75, 3.05) is 6.54 Å². The van der Waals surface area contributed by atoms with Crippen LogP contribution in [-0.4, -0.2) is 35.3 Å². The van der Waals surface area contributed by atoms with E-state index in [-0.39, 0.29) is 23.9 Å². The van der Waals surface area contributed by atoms with Gasteiger partial charge in [-0.2, -0.15) is 0 Å². The third-order valence-corrected chi connectivity index (χ3v) is 7.59. The number of carbonyl (C=O) groups is 2. The molecule has 1 saturated heterocycles. The lowest BCUT2D eigenvalue weighted by Gasteiger charge is -2.37. The number of likely N-dealkylation sites (tertiary alicyclic amines) is 1. The van der Waals surface area contributed by atoms with Gasteiger partial charge in [-0.25, -0.2) is 0 Å². The second kappa shape index (κ2) is 8.86. The molecule has 0 unspecified atom stereocenters. The largest absolute Gasteiger partial charge is 0.349 e. The standard InChI is InChI=1S/C24H32N2O2S/c1-16(2)25-23(27)22-20(19-12-5-6-13-21(19)29-22)15-18-11-7-8-14-26(18)24(28)17-9-3-4-10-17/h5-6,12-13,16-18H,3-4,7-11,14-15H2,1-2H3,(H,25,27)/t18-/m1/s1. The van der Waals surface area contributed by atoms with E-state index in [9.17, 15) is 9.59 Å². The molecule has 1 atom stereocenters. The summed E-state index contributed by atoms with van der Waals surface area (Å²) in [6.45, 7) is 4.86. The van der Waals surface area contributed by atoms with E-state index >= 15 is 0 Å². The van der Waals surface area contributed by atoms with E-state index in [1.165, 1.54) is 18.2 Å². The number of piperidine rings is 1. The van der Waals surface area contributed by atoms with Gasteiger partial charge in [0.2, 0.25) is 5.91 Å². The van der Waals surface area contributed by atoms with Crippen molar-refractivity contribution in [3.05, 3.63) is 34.7 Å². The first-order chi connectivity index (χ1) is 14.0. The van der Waals surface area contributed by atoms with Crippen molar-refractivity contribution in [1.29, 1.82) is 0 Å². The molecule has 4 rings (SSSR count). The summed E-state index contributed by atoms with van der Waals surface area (Å²) < 4.78 is 1.15.